The lowest BCUT2D eigenvalue weighted by molar-refractivity contribution is -0.189. The second kappa shape index (κ2) is 5.78. The number of alkyl halides is 3. The molecule has 0 spiro atoms. The molecule has 18 heavy (non-hydrogen) atoms. The summed E-state index contributed by atoms with van der Waals surface area (Å²) in [5.74, 6) is 0. The highest BCUT2D eigenvalue weighted by Gasteiger charge is 2.47. The van der Waals surface area contributed by atoms with E-state index in [0.717, 1.165) is 19.3 Å². The summed E-state index contributed by atoms with van der Waals surface area (Å²) in [6.45, 7) is 6.95. The first-order chi connectivity index (χ1) is 8.17. The monoisotopic (exact) mass is 266 g/mol. The Morgan fingerprint density at radius 3 is 2.33 bits per heavy atom. The van der Waals surface area contributed by atoms with Gasteiger partial charge in [-0.05, 0) is 44.2 Å². The van der Waals surface area contributed by atoms with Crippen LogP contribution in [0, 0.1) is 5.41 Å². The largest absolute Gasteiger partial charge is 0.405 e. The fourth-order valence-corrected chi connectivity index (χ4v) is 2.67. The van der Waals surface area contributed by atoms with Crippen molar-refractivity contribution >= 4 is 0 Å². The Balaban J connectivity index is 2.80. The molecule has 0 saturated carbocycles. The molecule has 1 aliphatic heterocycles. The summed E-state index contributed by atoms with van der Waals surface area (Å²) in [5, 5.41) is 0. The molecule has 0 radical (unpaired) electrons. The maximum absolute atomic E-state index is 13.1. The van der Waals surface area contributed by atoms with Crippen molar-refractivity contribution < 1.29 is 13.2 Å². The third kappa shape index (κ3) is 4.12. The highest BCUT2D eigenvalue weighted by Crippen LogP contribution is 2.34. The number of halogens is 3. The van der Waals surface area contributed by atoms with Gasteiger partial charge in [0.15, 0.2) is 0 Å². The number of hydrogen-bond donors (Lipinski definition) is 1. The molecule has 0 bridgehead atoms. The van der Waals surface area contributed by atoms with E-state index < -0.39 is 18.3 Å². The van der Waals surface area contributed by atoms with Crippen molar-refractivity contribution in [2.75, 3.05) is 13.1 Å². The molecule has 2 nitrogen and oxygen atoms in total. The highest BCUT2D eigenvalue weighted by atomic mass is 19.4. The highest BCUT2D eigenvalue weighted by molar-refractivity contribution is 4.90. The van der Waals surface area contributed by atoms with Crippen molar-refractivity contribution in [3.05, 3.63) is 0 Å². The van der Waals surface area contributed by atoms with Gasteiger partial charge in [0, 0.05) is 6.04 Å². The minimum Gasteiger partial charge on any atom is -0.326 e. The van der Waals surface area contributed by atoms with Crippen LogP contribution in [-0.2, 0) is 0 Å². The van der Waals surface area contributed by atoms with E-state index >= 15 is 0 Å². The number of nitrogens with zero attached hydrogens (tertiary/aromatic N) is 1. The van der Waals surface area contributed by atoms with Gasteiger partial charge in [0.25, 0.3) is 0 Å². The summed E-state index contributed by atoms with van der Waals surface area (Å²) in [4.78, 5) is 1.54. The van der Waals surface area contributed by atoms with Gasteiger partial charge in [-0.15, -0.1) is 0 Å². The summed E-state index contributed by atoms with van der Waals surface area (Å²) in [5.41, 5.74) is 5.83. The molecule has 1 aliphatic rings. The van der Waals surface area contributed by atoms with E-state index in [1.54, 1.807) is 11.8 Å². The van der Waals surface area contributed by atoms with E-state index in [2.05, 4.69) is 13.8 Å². The van der Waals surface area contributed by atoms with Gasteiger partial charge in [-0.25, -0.2) is 0 Å². The molecule has 1 heterocycles. The van der Waals surface area contributed by atoms with Gasteiger partial charge in [0.2, 0.25) is 0 Å². The summed E-state index contributed by atoms with van der Waals surface area (Å²) >= 11 is 0. The van der Waals surface area contributed by atoms with E-state index in [9.17, 15) is 13.2 Å². The van der Waals surface area contributed by atoms with Crippen LogP contribution in [0.2, 0.25) is 0 Å². The zero-order valence-electron chi connectivity index (χ0n) is 11.6. The van der Waals surface area contributed by atoms with Gasteiger partial charge in [0.05, 0.1) is 0 Å². The molecule has 2 atom stereocenters. The molecule has 1 saturated heterocycles. The molecule has 0 aromatic rings. The fourth-order valence-electron chi connectivity index (χ4n) is 2.67. The molecule has 5 heteroatoms. The predicted octanol–water partition coefficient (Wildman–Crippen LogP) is 3.17. The third-order valence-electron chi connectivity index (χ3n) is 3.98. The van der Waals surface area contributed by atoms with Crippen LogP contribution in [0.5, 0.6) is 0 Å². The molecule has 0 amide bonds. The number of hydrogen-bond acceptors (Lipinski definition) is 2. The van der Waals surface area contributed by atoms with Crippen LogP contribution in [0.25, 0.3) is 0 Å². The first-order valence-electron chi connectivity index (χ1n) is 6.74. The average molecular weight is 266 g/mol. The van der Waals surface area contributed by atoms with Crippen molar-refractivity contribution in [1.82, 2.24) is 4.90 Å². The molecular formula is C13H25F3N2. The van der Waals surface area contributed by atoms with Crippen LogP contribution in [-0.4, -0.2) is 36.2 Å². The van der Waals surface area contributed by atoms with E-state index in [-0.39, 0.29) is 5.41 Å². The zero-order chi connectivity index (χ0) is 14.0. The molecule has 2 unspecified atom stereocenters. The van der Waals surface area contributed by atoms with Gasteiger partial charge in [0.1, 0.15) is 6.04 Å². The van der Waals surface area contributed by atoms with Gasteiger partial charge < -0.3 is 5.73 Å². The summed E-state index contributed by atoms with van der Waals surface area (Å²) in [6, 6.07) is -2.32. The zero-order valence-corrected chi connectivity index (χ0v) is 11.6. The first kappa shape index (κ1) is 15.8. The quantitative estimate of drug-likeness (QED) is 0.850. The minimum atomic E-state index is -4.23. The standard InChI is InChI=1S/C13H25F3N2/c1-4-10(17)11(13(14,15)16)18-8-5-6-12(2,3)7-9-18/h10-11H,4-9,17H2,1-3H3. The maximum atomic E-state index is 13.1. The van der Waals surface area contributed by atoms with Crippen molar-refractivity contribution in [1.29, 1.82) is 0 Å². The van der Waals surface area contributed by atoms with Crippen molar-refractivity contribution in [3.8, 4) is 0 Å². The molecule has 108 valence electrons. The molecule has 0 aliphatic carbocycles. The Bertz CT molecular complexity index is 263. The average Bonchev–Trinajstić information content (AvgIpc) is 2.38. The topological polar surface area (TPSA) is 29.3 Å². The second-order valence-corrected chi connectivity index (χ2v) is 6.11. The normalized spacial score (nSPS) is 25.5. The smallest absolute Gasteiger partial charge is 0.326 e. The SMILES string of the molecule is CCC(N)C(N1CCCC(C)(C)CC1)C(F)(F)F. The van der Waals surface area contributed by atoms with Gasteiger partial charge in [-0.1, -0.05) is 20.8 Å². The lowest BCUT2D eigenvalue weighted by Crippen LogP contribution is -2.56. The fraction of sp³-hybridized carbons (Fsp3) is 1.00. The Hall–Kier alpha value is -0.290. The van der Waals surface area contributed by atoms with Crippen LogP contribution in [0.1, 0.15) is 46.5 Å². The van der Waals surface area contributed by atoms with E-state index in [4.69, 9.17) is 5.73 Å². The van der Waals surface area contributed by atoms with Crippen LogP contribution >= 0.6 is 0 Å². The summed E-state index contributed by atoms with van der Waals surface area (Å²) < 4.78 is 39.4. The van der Waals surface area contributed by atoms with Crippen LogP contribution in [0.3, 0.4) is 0 Å². The van der Waals surface area contributed by atoms with E-state index in [1.165, 1.54) is 0 Å². The Labute approximate surface area is 108 Å². The molecule has 1 fully saturated rings. The second-order valence-electron chi connectivity index (χ2n) is 6.11. The van der Waals surface area contributed by atoms with Gasteiger partial charge >= 0.3 is 6.18 Å². The Morgan fingerprint density at radius 1 is 1.22 bits per heavy atom. The lowest BCUT2D eigenvalue weighted by Gasteiger charge is -2.36. The molecular weight excluding hydrogens is 241 g/mol. The van der Waals surface area contributed by atoms with E-state index in [1.807, 2.05) is 0 Å². The van der Waals surface area contributed by atoms with Crippen LogP contribution in [0.4, 0.5) is 13.2 Å². The number of likely N-dealkylation sites (tertiary alicyclic amines) is 1. The predicted molar refractivity (Wildman–Crippen MR) is 67.3 cm³/mol. The summed E-state index contributed by atoms with van der Waals surface area (Å²) in [6.07, 6.45) is -1.28. The minimum absolute atomic E-state index is 0.140. The van der Waals surface area contributed by atoms with Crippen molar-refractivity contribution in [2.24, 2.45) is 11.1 Å². The lowest BCUT2D eigenvalue weighted by atomic mass is 9.85. The van der Waals surface area contributed by atoms with Crippen molar-refractivity contribution in [2.45, 2.75) is 64.7 Å². The van der Waals surface area contributed by atoms with Gasteiger partial charge in [-0.3, -0.25) is 4.90 Å². The Kier molecular flexibility index (Phi) is 5.06. The third-order valence-corrected chi connectivity index (χ3v) is 3.98. The molecule has 1 rings (SSSR count). The van der Waals surface area contributed by atoms with Gasteiger partial charge in [-0.2, -0.15) is 13.2 Å². The molecule has 0 aromatic carbocycles. The van der Waals surface area contributed by atoms with Crippen LogP contribution < -0.4 is 5.73 Å². The van der Waals surface area contributed by atoms with Crippen LogP contribution in [0.15, 0.2) is 0 Å². The van der Waals surface area contributed by atoms with E-state index in [0.29, 0.717) is 19.5 Å². The van der Waals surface area contributed by atoms with Crippen molar-refractivity contribution in [3.63, 3.8) is 0 Å². The summed E-state index contributed by atoms with van der Waals surface area (Å²) in [7, 11) is 0. The Morgan fingerprint density at radius 2 is 1.83 bits per heavy atom. The molecule has 0 aromatic heterocycles. The number of nitrogens with two attached hydrogens (primary N) is 1. The maximum Gasteiger partial charge on any atom is 0.405 e. The first-order valence-corrected chi connectivity index (χ1v) is 6.74. The number of rotatable bonds is 3. The molecule has 2 N–H and O–H groups in total.